The SMILES string of the molecule is CC(C)C(CN)c1cn(C)c2cc3c(cc12)OCCO3. The average molecular weight is 274 g/mol. The molecule has 2 heterocycles. The molecule has 0 saturated carbocycles. The summed E-state index contributed by atoms with van der Waals surface area (Å²) in [6.07, 6.45) is 2.19. The van der Waals surface area contributed by atoms with E-state index in [4.69, 9.17) is 15.2 Å². The Hall–Kier alpha value is -1.68. The number of nitrogens with zero attached hydrogens (tertiary/aromatic N) is 1. The van der Waals surface area contributed by atoms with Gasteiger partial charge in [-0.15, -0.1) is 0 Å². The molecule has 2 aromatic rings. The highest BCUT2D eigenvalue weighted by Crippen LogP contribution is 2.39. The molecule has 0 bridgehead atoms. The first-order chi connectivity index (χ1) is 9.61. The summed E-state index contributed by atoms with van der Waals surface area (Å²) < 4.78 is 13.5. The Morgan fingerprint density at radius 1 is 1.20 bits per heavy atom. The van der Waals surface area contributed by atoms with Gasteiger partial charge < -0.3 is 19.8 Å². The molecule has 1 aromatic carbocycles. The summed E-state index contributed by atoms with van der Waals surface area (Å²) in [6, 6.07) is 4.17. The molecule has 0 amide bonds. The molecule has 0 spiro atoms. The summed E-state index contributed by atoms with van der Waals surface area (Å²) in [5.41, 5.74) is 8.45. The minimum atomic E-state index is 0.362. The minimum Gasteiger partial charge on any atom is -0.486 e. The van der Waals surface area contributed by atoms with Crippen molar-refractivity contribution >= 4 is 10.9 Å². The smallest absolute Gasteiger partial charge is 0.163 e. The van der Waals surface area contributed by atoms with Gasteiger partial charge in [-0.1, -0.05) is 13.8 Å². The minimum absolute atomic E-state index is 0.362. The van der Waals surface area contributed by atoms with E-state index in [1.807, 2.05) is 0 Å². The second-order valence-electron chi connectivity index (χ2n) is 5.79. The van der Waals surface area contributed by atoms with Crippen molar-refractivity contribution in [2.75, 3.05) is 19.8 Å². The lowest BCUT2D eigenvalue weighted by atomic mass is 9.88. The second kappa shape index (κ2) is 5.02. The zero-order valence-electron chi connectivity index (χ0n) is 12.3. The van der Waals surface area contributed by atoms with Crippen molar-refractivity contribution in [1.29, 1.82) is 0 Å². The molecule has 20 heavy (non-hydrogen) atoms. The van der Waals surface area contributed by atoms with Crippen LogP contribution in [-0.2, 0) is 7.05 Å². The highest BCUT2D eigenvalue weighted by Gasteiger charge is 2.22. The highest BCUT2D eigenvalue weighted by molar-refractivity contribution is 5.88. The third-order valence-electron chi connectivity index (χ3n) is 4.14. The number of aromatic nitrogens is 1. The van der Waals surface area contributed by atoms with Gasteiger partial charge in [-0.25, -0.2) is 0 Å². The Morgan fingerprint density at radius 2 is 1.85 bits per heavy atom. The highest BCUT2D eigenvalue weighted by atomic mass is 16.6. The van der Waals surface area contributed by atoms with Crippen molar-refractivity contribution in [1.82, 2.24) is 4.57 Å². The number of fused-ring (bicyclic) bond motifs is 2. The van der Waals surface area contributed by atoms with Crippen LogP contribution >= 0.6 is 0 Å². The molecule has 0 fully saturated rings. The van der Waals surface area contributed by atoms with Crippen LogP contribution < -0.4 is 15.2 Å². The first-order valence-corrected chi connectivity index (χ1v) is 7.20. The van der Waals surface area contributed by atoms with E-state index in [2.05, 4.69) is 43.8 Å². The van der Waals surface area contributed by atoms with Crippen LogP contribution in [0.2, 0.25) is 0 Å². The Balaban J connectivity index is 2.19. The van der Waals surface area contributed by atoms with E-state index in [0.29, 0.717) is 31.6 Å². The molecular formula is C16H22N2O2. The second-order valence-corrected chi connectivity index (χ2v) is 5.79. The van der Waals surface area contributed by atoms with Gasteiger partial charge in [-0.2, -0.15) is 0 Å². The molecule has 108 valence electrons. The molecule has 0 aliphatic carbocycles. The number of nitrogens with two attached hydrogens (primary N) is 1. The van der Waals surface area contributed by atoms with Crippen LogP contribution in [0.25, 0.3) is 10.9 Å². The fraction of sp³-hybridized carbons (Fsp3) is 0.500. The maximum Gasteiger partial charge on any atom is 0.163 e. The summed E-state index contributed by atoms with van der Waals surface area (Å²) in [6.45, 7) is 6.33. The van der Waals surface area contributed by atoms with Crippen molar-refractivity contribution in [3.05, 3.63) is 23.9 Å². The summed E-state index contributed by atoms with van der Waals surface area (Å²) >= 11 is 0. The Labute approximate surface area is 119 Å². The van der Waals surface area contributed by atoms with Crippen molar-refractivity contribution in [2.45, 2.75) is 19.8 Å². The lowest BCUT2D eigenvalue weighted by Crippen LogP contribution is -2.17. The summed E-state index contributed by atoms with van der Waals surface area (Å²) in [4.78, 5) is 0. The zero-order chi connectivity index (χ0) is 14.3. The number of benzene rings is 1. The van der Waals surface area contributed by atoms with Crippen LogP contribution in [0, 0.1) is 5.92 Å². The van der Waals surface area contributed by atoms with Crippen LogP contribution in [0.5, 0.6) is 11.5 Å². The fourth-order valence-electron chi connectivity index (χ4n) is 3.00. The standard InChI is InChI=1S/C16H22N2O2/c1-10(2)12(8-17)13-9-18(3)14-7-16-15(6-11(13)14)19-4-5-20-16/h6-7,9-10,12H,4-5,8,17H2,1-3H3. The van der Waals surface area contributed by atoms with E-state index in [1.54, 1.807) is 0 Å². The molecule has 2 N–H and O–H groups in total. The van der Waals surface area contributed by atoms with Gasteiger partial charge >= 0.3 is 0 Å². The topological polar surface area (TPSA) is 49.4 Å². The van der Waals surface area contributed by atoms with Crippen LogP contribution in [0.4, 0.5) is 0 Å². The molecule has 0 saturated heterocycles. The van der Waals surface area contributed by atoms with Crippen LogP contribution in [0.15, 0.2) is 18.3 Å². The monoisotopic (exact) mass is 274 g/mol. The third-order valence-corrected chi connectivity index (χ3v) is 4.14. The van der Waals surface area contributed by atoms with Crippen LogP contribution in [0.1, 0.15) is 25.3 Å². The number of rotatable bonds is 3. The lowest BCUT2D eigenvalue weighted by Gasteiger charge is -2.20. The van der Waals surface area contributed by atoms with Gasteiger partial charge in [0.1, 0.15) is 13.2 Å². The molecule has 1 aliphatic rings. The van der Waals surface area contributed by atoms with E-state index in [1.165, 1.54) is 16.5 Å². The molecule has 4 nitrogen and oxygen atoms in total. The molecule has 0 radical (unpaired) electrons. The third kappa shape index (κ3) is 2.04. The molecule has 3 rings (SSSR count). The Kier molecular flexibility index (Phi) is 3.34. The molecule has 1 unspecified atom stereocenters. The van der Waals surface area contributed by atoms with E-state index in [0.717, 1.165) is 11.5 Å². The van der Waals surface area contributed by atoms with E-state index in [9.17, 15) is 0 Å². The van der Waals surface area contributed by atoms with Gasteiger partial charge in [0, 0.05) is 30.6 Å². The Bertz CT molecular complexity index is 631. The quantitative estimate of drug-likeness (QED) is 0.936. The van der Waals surface area contributed by atoms with Crippen molar-refractivity contribution < 1.29 is 9.47 Å². The predicted octanol–water partition coefficient (Wildman–Crippen LogP) is 2.65. The number of aryl methyl sites for hydroxylation is 1. The largest absolute Gasteiger partial charge is 0.486 e. The first-order valence-electron chi connectivity index (χ1n) is 7.20. The van der Waals surface area contributed by atoms with Gasteiger partial charge in [0.2, 0.25) is 0 Å². The maximum absolute atomic E-state index is 5.98. The lowest BCUT2D eigenvalue weighted by molar-refractivity contribution is 0.172. The van der Waals surface area contributed by atoms with E-state index >= 15 is 0 Å². The first kappa shape index (κ1) is 13.3. The molecule has 1 atom stereocenters. The van der Waals surface area contributed by atoms with Gasteiger partial charge in [0.15, 0.2) is 11.5 Å². The van der Waals surface area contributed by atoms with Gasteiger partial charge in [-0.05, 0) is 24.1 Å². The molecule has 4 heteroatoms. The van der Waals surface area contributed by atoms with Gasteiger partial charge in [0.05, 0.1) is 5.52 Å². The van der Waals surface area contributed by atoms with Crippen LogP contribution in [0.3, 0.4) is 0 Å². The number of hydrogen-bond acceptors (Lipinski definition) is 3. The van der Waals surface area contributed by atoms with Gasteiger partial charge in [0.25, 0.3) is 0 Å². The van der Waals surface area contributed by atoms with Crippen molar-refractivity contribution in [2.24, 2.45) is 18.7 Å². The van der Waals surface area contributed by atoms with E-state index in [-0.39, 0.29) is 0 Å². The molecular weight excluding hydrogens is 252 g/mol. The fourth-order valence-corrected chi connectivity index (χ4v) is 3.00. The Morgan fingerprint density at radius 3 is 2.45 bits per heavy atom. The zero-order valence-corrected chi connectivity index (χ0v) is 12.3. The number of hydrogen-bond donors (Lipinski definition) is 1. The molecule has 1 aliphatic heterocycles. The van der Waals surface area contributed by atoms with E-state index < -0.39 is 0 Å². The van der Waals surface area contributed by atoms with Gasteiger partial charge in [-0.3, -0.25) is 0 Å². The van der Waals surface area contributed by atoms with Crippen LogP contribution in [-0.4, -0.2) is 24.3 Å². The summed E-state index contributed by atoms with van der Waals surface area (Å²) in [5, 5.41) is 1.22. The average Bonchev–Trinajstić information content (AvgIpc) is 2.74. The predicted molar refractivity (Wildman–Crippen MR) is 80.5 cm³/mol. The summed E-state index contributed by atoms with van der Waals surface area (Å²) in [7, 11) is 2.07. The van der Waals surface area contributed by atoms with Crippen molar-refractivity contribution in [3.63, 3.8) is 0 Å². The molecule has 1 aromatic heterocycles. The summed E-state index contributed by atoms with van der Waals surface area (Å²) in [5.74, 6) is 2.56. The maximum atomic E-state index is 5.98. The normalized spacial score (nSPS) is 15.8. The van der Waals surface area contributed by atoms with Crippen molar-refractivity contribution in [3.8, 4) is 11.5 Å². The number of ether oxygens (including phenoxy) is 2.